The zero-order chi connectivity index (χ0) is 22.2. The van der Waals surface area contributed by atoms with E-state index in [0.29, 0.717) is 25.9 Å². The van der Waals surface area contributed by atoms with Gasteiger partial charge in [-0.15, -0.1) is 0 Å². The van der Waals surface area contributed by atoms with E-state index in [1.54, 1.807) is 7.11 Å². The SMILES string of the molecule is COc1ccc(N2CCN(C(=O)Cc3c(C)nn(C4CCS(=O)(=O)C4)c3C)CC2)cc1. The van der Waals surface area contributed by atoms with Gasteiger partial charge in [-0.3, -0.25) is 9.48 Å². The molecule has 2 aliphatic heterocycles. The number of piperazine rings is 1. The van der Waals surface area contributed by atoms with Crippen molar-refractivity contribution in [3.8, 4) is 5.75 Å². The van der Waals surface area contributed by atoms with Crippen LogP contribution in [0.2, 0.25) is 0 Å². The monoisotopic (exact) mass is 446 g/mol. The highest BCUT2D eigenvalue weighted by atomic mass is 32.2. The van der Waals surface area contributed by atoms with Gasteiger partial charge in [0.25, 0.3) is 0 Å². The normalized spacial score (nSPS) is 20.8. The summed E-state index contributed by atoms with van der Waals surface area (Å²) in [4.78, 5) is 17.2. The van der Waals surface area contributed by atoms with Crippen LogP contribution in [-0.4, -0.2) is 73.8 Å². The number of hydrogen-bond acceptors (Lipinski definition) is 6. The Morgan fingerprint density at radius 3 is 2.39 bits per heavy atom. The van der Waals surface area contributed by atoms with Crippen LogP contribution in [0.25, 0.3) is 0 Å². The Labute approximate surface area is 183 Å². The van der Waals surface area contributed by atoms with Crippen LogP contribution in [0.15, 0.2) is 24.3 Å². The number of methoxy groups -OCH3 is 1. The van der Waals surface area contributed by atoms with Gasteiger partial charge in [-0.1, -0.05) is 0 Å². The minimum Gasteiger partial charge on any atom is -0.497 e. The molecule has 1 amide bonds. The second-order valence-electron chi connectivity index (χ2n) is 8.39. The molecule has 9 heteroatoms. The molecule has 2 aliphatic rings. The molecule has 0 aliphatic carbocycles. The molecule has 1 aromatic heterocycles. The molecule has 3 heterocycles. The fraction of sp³-hybridized carbons (Fsp3) is 0.545. The van der Waals surface area contributed by atoms with Crippen LogP contribution in [0.5, 0.6) is 5.75 Å². The van der Waals surface area contributed by atoms with Crippen molar-refractivity contribution in [3.05, 3.63) is 41.2 Å². The van der Waals surface area contributed by atoms with Crippen LogP contribution in [0.1, 0.15) is 29.4 Å². The Kier molecular flexibility index (Phi) is 5.96. The summed E-state index contributed by atoms with van der Waals surface area (Å²) in [5.41, 5.74) is 3.77. The highest BCUT2D eigenvalue weighted by Crippen LogP contribution is 2.27. The topological polar surface area (TPSA) is 84.7 Å². The Balaban J connectivity index is 1.38. The lowest BCUT2D eigenvalue weighted by Crippen LogP contribution is -2.49. The molecular formula is C22H30N4O4S. The van der Waals surface area contributed by atoms with Crippen LogP contribution in [-0.2, 0) is 21.1 Å². The number of benzene rings is 1. The third kappa shape index (κ3) is 4.56. The lowest BCUT2D eigenvalue weighted by Gasteiger charge is -2.36. The third-order valence-corrected chi connectivity index (χ3v) is 8.18. The van der Waals surface area contributed by atoms with E-state index in [2.05, 4.69) is 10.00 Å². The van der Waals surface area contributed by atoms with Gasteiger partial charge in [0.05, 0.1) is 36.8 Å². The predicted molar refractivity (Wildman–Crippen MR) is 119 cm³/mol. The van der Waals surface area contributed by atoms with Crippen molar-refractivity contribution < 1.29 is 17.9 Å². The molecule has 0 spiro atoms. The van der Waals surface area contributed by atoms with Gasteiger partial charge in [-0.05, 0) is 44.5 Å². The highest BCUT2D eigenvalue weighted by Gasteiger charge is 2.32. The minimum atomic E-state index is -2.98. The standard InChI is InChI=1S/C22H30N4O4S/c1-16-21(17(2)26(23-16)19-8-13-31(28,29)15-19)14-22(27)25-11-9-24(10-12-25)18-4-6-20(30-3)7-5-18/h4-7,19H,8-15H2,1-3H3. The van der Waals surface area contributed by atoms with E-state index in [0.717, 1.165) is 41.5 Å². The third-order valence-electron chi connectivity index (χ3n) is 6.43. The summed E-state index contributed by atoms with van der Waals surface area (Å²) in [6.45, 7) is 6.77. The quantitative estimate of drug-likeness (QED) is 0.696. The van der Waals surface area contributed by atoms with Crippen LogP contribution in [0, 0.1) is 13.8 Å². The van der Waals surface area contributed by atoms with Gasteiger partial charge >= 0.3 is 0 Å². The summed E-state index contributed by atoms with van der Waals surface area (Å²) in [5.74, 6) is 1.27. The number of carbonyl (C=O) groups excluding carboxylic acids is 1. The van der Waals surface area contributed by atoms with E-state index < -0.39 is 9.84 Å². The number of aromatic nitrogens is 2. The number of ether oxygens (including phenoxy) is 1. The second kappa shape index (κ2) is 8.53. The Bertz CT molecular complexity index is 1050. The average molecular weight is 447 g/mol. The molecule has 4 rings (SSSR count). The molecule has 1 atom stereocenters. The number of aryl methyl sites for hydroxylation is 1. The van der Waals surface area contributed by atoms with E-state index in [1.165, 1.54) is 0 Å². The molecule has 0 radical (unpaired) electrons. The summed E-state index contributed by atoms with van der Waals surface area (Å²) >= 11 is 0. The van der Waals surface area contributed by atoms with Crippen LogP contribution >= 0.6 is 0 Å². The first-order valence-corrected chi connectivity index (χ1v) is 12.5. The van der Waals surface area contributed by atoms with Crippen molar-refractivity contribution in [2.45, 2.75) is 32.7 Å². The molecule has 0 saturated carbocycles. The zero-order valence-electron chi connectivity index (χ0n) is 18.4. The summed E-state index contributed by atoms with van der Waals surface area (Å²) in [5, 5.41) is 4.58. The van der Waals surface area contributed by atoms with Gasteiger partial charge in [0.2, 0.25) is 5.91 Å². The van der Waals surface area contributed by atoms with Crippen molar-refractivity contribution in [3.63, 3.8) is 0 Å². The largest absolute Gasteiger partial charge is 0.497 e. The maximum Gasteiger partial charge on any atom is 0.227 e. The molecule has 31 heavy (non-hydrogen) atoms. The van der Waals surface area contributed by atoms with Gasteiger partial charge in [0.1, 0.15) is 5.75 Å². The van der Waals surface area contributed by atoms with Gasteiger partial charge in [0, 0.05) is 43.1 Å². The van der Waals surface area contributed by atoms with Crippen LogP contribution in [0.3, 0.4) is 0 Å². The van der Waals surface area contributed by atoms with Crippen molar-refractivity contribution >= 4 is 21.4 Å². The fourth-order valence-electron chi connectivity index (χ4n) is 4.55. The van der Waals surface area contributed by atoms with E-state index in [4.69, 9.17) is 4.74 Å². The number of hydrogen-bond donors (Lipinski definition) is 0. The lowest BCUT2D eigenvalue weighted by molar-refractivity contribution is -0.130. The van der Waals surface area contributed by atoms with E-state index in [1.807, 2.05) is 47.7 Å². The molecule has 0 bridgehead atoms. The highest BCUT2D eigenvalue weighted by molar-refractivity contribution is 7.91. The maximum absolute atomic E-state index is 13.0. The first-order valence-electron chi connectivity index (χ1n) is 10.7. The van der Waals surface area contributed by atoms with Crippen LogP contribution < -0.4 is 9.64 Å². The molecule has 2 saturated heterocycles. The average Bonchev–Trinajstić information content (AvgIpc) is 3.27. The summed E-state index contributed by atoms with van der Waals surface area (Å²) in [6, 6.07) is 7.86. The molecule has 168 valence electrons. The number of amides is 1. The first-order chi connectivity index (χ1) is 14.8. The summed E-state index contributed by atoms with van der Waals surface area (Å²) in [7, 11) is -1.33. The van der Waals surface area contributed by atoms with Crippen molar-refractivity contribution in [2.75, 3.05) is 49.7 Å². The van der Waals surface area contributed by atoms with E-state index >= 15 is 0 Å². The van der Waals surface area contributed by atoms with Gasteiger partial charge in [-0.25, -0.2) is 8.42 Å². The number of sulfone groups is 1. The zero-order valence-corrected chi connectivity index (χ0v) is 19.2. The number of anilines is 1. The maximum atomic E-state index is 13.0. The fourth-order valence-corrected chi connectivity index (χ4v) is 6.24. The van der Waals surface area contributed by atoms with E-state index in [9.17, 15) is 13.2 Å². The smallest absolute Gasteiger partial charge is 0.227 e. The molecule has 8 nitrogen and oxygen atoms in total. The Morgan fingerprint density at radius 1 is 1.13 bits per heavy atom. The molecule has 2 fully saturated rings. The lowest BCUT2D eigenvalue weighted by atomic mass is 10.1. The minimum absolute atomic E-state index is 0.0965. The predicted octanol–water partition coefficient (Wildman–Crippen LogP) is 1.76. The summed E-state index contributed by atoms with van der Waals surface area (Å²) < 4.78 is 30.7. The molecule has 2 aromatic rings. The Hall–Kier alpha value is -2.55. The van der Waals surface area contributed by atoms with Crippen molar-refractivity contribution in [2.24, 2.45) is 0 Å². The van der Waals surface area contributed by atoms with Crippen LogP contribution in [0.4, 0.5) is 5.69 Å². The Morgan fingerprint density at radius 2 is 1.81 bits per heavy atom. The molecule has 1 unspecified atom stereocenters. The molecular weight excluding hydrogens is 416 g/mol. The van der Waals surface area contributed by atoms with Crippen molar-refractivity contribution in [1.82, 2.24) is 14.7 Å². The van der Waals surface area contributed by atoms with Gasteiger partial charge in [0.15, 0.2) is 9.84 Å². The number of nitrogens with zero attached hydrogens (tertiary/aromatic N) is 4. The van der Waals surface area contributed by atoms with E-state index in [-0.39, 0.29) is 23.5 Å². The van der Waals surface area contributed by atoms with Gasteiger partial charge in [-0.2, -0.15) is 5.10 Å². The molecule has 1 aromatic carbocycles. The summed E-state index contributed by atoms with van der Waals surface area (Å²) in [6.07, 6.45) is 0.894. The first kappa shape index (κ1) is 21.7. The van der Waals surface area contributed by atoms with Gasteiger partial charge < -0.3 is 14.5 Å². The molecule has 0 N–H and O–H groups in total. The number of carbonyl (C=O) groups is 1. The second-order valence-corrected chi connectivity index (χ2v) is 10.6. The van der Waals surface area contributed by atoms with Crippen molar-refractivity contribution in [1.29, 1.82) is 0 Å². The number of rotatable bonds is 5.